The van der Waals surface area contributed by atoms with E-state index in [0.29, 0.717) is 22.7 Å². The topological polar surface area (TPSA) is 76.5 Å². The minimum atomic E-state index is -0.874. The van der Waals surface area contributed by atoms with Crippen molar-refractivity contribution in [2.24, 2.45) is 0 Å². The molecule has 0 saturated carbocycles. The smallest absolute Gasteiger partial charge is 0.252 e. The van der Waals surface area contributed by atoms with Crippen molar-refractivity contribution in [1.29, 1.82) is 0 Å². The number of carbonyl (C=O) groups excluding carboxylic acids is 1. The van der Waals surface area contributed by atoms with Gasteiger partial charge in [0, 0.05) is 36.4 Å². The van der Waals surface area contributed by atoms with Gasteiger partial charge in [0.15, 0.2) is 6.04 Å². The molecule has 0 aromatic heterocycles. The highest BCUT2D eigenvalue weighted by Crippen LogP contribution is 2.43. The summed E-state index contributed by atoms with van der Waals surface area (Å²) in [4.78, 5) is 17.2. The van der Waals surface area contributed by atoms with Crippen LogP contribution >= 0.6 is 12.2 Å². The zero-order chi connectivity index (χ0) is 17.3. The number of nitrogens with zero attached hydrogens (tertiary/aromatic N) is 3. The second-order valence-electron chi connectivity index (χ2n) is 6.48. The standard InChI is InChI=1S/C16H23N3O4S/c1-11(2)17-9-7-12(8-10-17)18-14-6-4-3-5-13(14)15(16(18)20)19(21)24-23-22/h3-6,11-12,15,21-22H,7-10H2,1-2H3. The first-order valence-electron chi connectivity index (χ1n) is 8.17. The summed E-state index contributed by atoms with van der Waals surface area (Å²) in [5, 5.41) is 18.6. The van der Waals surface area contributed by atoms with Gasteiger partial charge in [-0.1, -0.05) is 22.7 Å². The summed E-state index contributed by atoms with van der Waals surface area (Å²) in [6.07, 6.45) is 1.81. The van der Waals surface area contributed by atoms with E-state index >= 15 is 0 Å². The number of hydrogen-bond donors (Lipinski definition) is 2. The van der Waals surface area contributed by atoms with Gasteiger partial charge in [-0.3, -0.25) is 4.79 Å². The summed E-state index contributed by atoms with van der Waals surface area (Å²) in [6.45, 7) is 6.28. The van der Waals surface area contributed by atoms with Gasteiger partial charge in [0.1, 0.15) is 12.2 Å². The van der Waals surface area contributed by atoms with E-state index in [9.17, 15) is 10.0 Å². The van der Waals surface area contributed by atoms with E-state index in [0.717, 1.165) is 37.2 Å². The summed E-state index contributed by atoms with van der Waals surface area (Å²) in [7, 11) is 0. The summed E-state index contributed by atoms with van der Waals surface area (Å²) < 4.78 is 4.57. The molecule has 1 amide bonds. The fraction of sp³-hybridized carbons (Fsp3) is 0.562. The molecule has 2 heterocycles. The molecule has 3 rings (SSSR count). The number of benzene rings is 1. The van der Waals surface area contributed by atoms with E-state index in [1.165, 1.54) is 0 Å². The lowest BCUT2D eigenvalue weighted by atomic mass is 10.0. The summed E-state index contributed by atoms with van der Waals surface area (Å²) in [5.41, 5.74) is 1.55. The minimum absolute atomic E-state index is 0.118. The third-order valence-corrected chi connectivity index (χ3v) is 5.32. The van der Waals surface area contributed by atoms with E-state index in [1.807, 2.05) is 24.3 Å². The maximum atomic E-state index is 13.0. The van der Waals surface area contributed by atoms with Gasteiger partial charge in [-0.25, -0.2) is 5.26 Å². The highest BCUT2D eigenvalue weighted by Gasteiger charge is 2.44. The van der Waals surface area contributed by atoms with Crippen LogP contribution in [0.1, 0.15) is 38.3 Å². The molecule has 132 valence electrons. The Kier molecular flexibility index (Phi) is 5.43. The Hall–Kier alpha value is -1.16. The fourth-order valence-corrected chi connectivity index (χ4v) is 4.01. The predicted molar refractivity (Wildman–Crippen MR) is 91.3 cm³/mol. The zero-order valence-electron chi connectivity index (χ0n) is 13.8. The lowest BCUT2D eigenvalue weighted by Crippen LogP contribution is -2.49. The lowest BCUT2D eigenvalue weighted by Gasteiger charge is -2.38. The van der Waals surface area contributed by atoms with Gasteiger partial charge in [-0.2, -0.15) is 0 Å². The fourth-order valence-electron chi connectivity index (χ4n) is 3.65. The van der Waals surface area contributed by atoms with E-state index < -0.39 is 6.04 Å². The molecule has 8 heteroatoms. The first-order chi connectivity index (χ1) is 11.5. The van der Waals surface area contributed by atoms with Crippen LogP contribution in [0, 0.1) is 0 Å². The SMILES string of the molecule is CC(C)N1CCC(N2C(=O)C(N(O)SOO)c3ccccc32)CC1. The molecular formula is C16H23N3O4S. The Morgan fingerprint density at radius 3 is 2.58 bits per heavy atom. The monoisotopic (exact) mass is 353 g/mol. The molecular weight excluding hydrogens is 330 g/mol. The van der Waals surface area contributed by atoms with Crippen LogP contribution in [0.25, 0.3) is 0 Å². The number of rotatable bonds is 5. The summed E-state index contributed by atoms with van der Waals surface area (Å²) in [6, 6.07) is 7.20. The molecule has 2 N–H and O–H groups in total. The van der Waals surface area contributed by atoms with E-state index in [4.69, 9.17) is 5.26 Å². The second kappa shape index (κ2) is 7.38. The highest BCUT2D eigenvalue weighted by atomic mass is 32.2. The molecule has 1 atom stereocenters. The number of para-hydroxylation sites is 1. The molecule has 24 heavy (non-hydrogen) atoms. The number of likely N-dealkylation sites (tertiary alicyclic amines) is 1. The van der Waals surface area contributed by atoms with Gasteiger partial charge < -0.3 is 15.0 Å². The van der Waals surface area contributed by atoms with Gasteiger partial charge in [-0.15, -0.1) is 4.33 Å². The molecule has 1 aromatic carbocycles. The van der Waals surface area contributed by atoms with Gasteiger partial charge in [0.2, 0.25) is 0 Å². The molecule has 0 aliphatic carbocycles. The third kappa shape index (κ3) is 3.17. The number of fused-ring (bicyclic) bond motifs is 1. The van der Waals surface area contributed by atoms with Gasteiger partial charge in [-0.05, 0) is 32.8 Å². The number of anilines is 1. The summed E-state index contributed by atoms with van der Waals surface area (Å²) in [5.74, 6) is -0.189. The maximum absolute atomic E-state index is 13.0. The molecule has 7 nitrogen and oxygen atoms in total. The Morgan fingerprint density at radius 1 is 1.29 bits per heavy atom. The zero-order valence-corrected chi connectivity index (χ0v) is 14.6. The van der Waals surface area contributed by atoms with E-state index in [-0.39, 0.29) is 11.9 Å². The average molecular weight is 353 g/mol. The number of hydroxylamine groups is 1. The molecule has 1 fully saturated rings. The van der Waals surface area contributed by atoms with Gasteiger partial charge in [0.05, 0.1) is 0 Å². The van der Waals surface area contributed by atoms with Crippen molar-refractivity contribution in [3.63, 3.8) is 0 Å². The third-order valence-electron chi connectivity index (χ3n) is 4.89. The molecule has 1 aromatic rings. The summed E-state index contributed by atoms with van der Waals surface area (Å²) >= 11 is 0.338. The highest BCUT2D eigenvalue weighted by molar-refractivity contribution is 7.92. The van der Waals surface area contributed by atoms with Crippen LogP contribution in [0.4, 0.5) is 5.69 Å². The maximum Gasteiger partial charge on any atom is 0.252 e. The van der Waals surface area contributed by atoms with E-state index in [2.05, 4.69) is 23.1 Å². The van der Waals surface area contributed by atoms with Crippen LogP contribution in [0.5, 0.6) is 0 Å². The largest absolute Gasteiger partial charge is 0.307 e. The lowest BCUT2D eigenvalue weighted by molar-refractivity contribution is -0.146. The molecule has 2 aliphatic rings. The van der Waals surface area contributed by atoms with Gasteiger partial charge in [0.25, 0.3) is 5.91 Å². The second-order valence-corrected chi connectivity index (χ2v) is 7.15. The van der Waals surface area contributed by atoms with Crippen molar-refractivity contribution in [2.45, 2.75) is 44.8 Å². The molecule has 2 aliphatic heterocycles. The molecule has 0 radical (unpaired) electrons. The van der Waals surface area contributed by atoms with Crippen LogP contribution in [-0.2, 0) is 9.13 Å². The van der Waals surface area contributed by atoms with Crippen molar-refractivity contribution >= 4 is 23.8 Å². The first-order valence-corrected chi connectivity index (χ1v) is 8.86. The number of hydrogen-bond acceptors (Lipinski definition) is 7. The Morgan fingerprint density at radius 2 is 1.96 bits per heavy atom. The Balaban J connectivity index is 1.83. The first kappa shape index (κ1) is 17.7. The molecule has 1 unspecified atom stereocenters. The van der Waals surface area contributed by atoms with Crippen molar-refractivity contribution < 1.29 is 19.6 Å². The van der Waals surface area contributed by atoms with Crippen molar-refractivity contribution in [1.82, 2.24) is 9.37 Å². The van der Waals surface area contributed by atoms with Crippen molar-refractivity contribution in [3.05, 3.63) is 29.8 Å². The van der Waals surface area contributed by atoms with Crippen LogP contribution in [0.3, 0.4) is 0 Å². The van der Waals surface area contributed by atoms with E-state index in [1.54, 1.807) is 4.90 Å². The average Bonchev–Trinajstić information content (AvgIpc) is 2.87. The number of amides is 1. The minimum Gasteiger partial charge on any atom is -0.307 e. The van der Waals surface area contributed by atoms with Crippen molar-refractivity contribution in [2.75, 3.05) is 18.0 Å². The Bertz CT molecular complexity index is 592. The van der Waals surface area contributed by atoms with Gasteiger partial charge >= 0.3 is 0 Å². The molecule has 0 bridgehead atoms. The number of carbonyl (C=O) groups is 1. The van der Waals surface area contributed by atoms with Crippen LogP contribution in [-0.4, -0.2) is 50.9 Å². The Labute approximate surface area is 146 Å². The van der Waals surface area contributed by atoms with Crippen LogP contribution < -0.4 is 4.90 Å². The molecule has 1 saturated heterocycles. The molecule has 0 spiro atoms. The quantitative estimate of drug-likeness (QED) is 0.365. The number of piperidine rings is 1. The normalized spacial score (nSPS) is 22.7. The van der Waals surface area contributed by atoms with Crippen molar-refractivity contribution in [3.8, 4) is 0 Å². The van der Waals surface area contributed by atoms with Crippen LogP contribution in [0.15, 0.2) is 24.3 Å². The predicted octanol–water partition coefficient (Wildman–Crippen LogP) is 2.69. The van der Waals surface area contributed by atoms with Crippen LogP contribution in [0.2, 0.25) is 0 Å².